The molecule has 0 radical (unpaired) electrons. The van der Waals surface area contributed by atoms with Crippen LogP contribution in [-0.2, 0) is 0 Å². The molecule has 0 aliphatic heterocycles. The van der Waals surface area contributed by atoms with Crippen molar-refractivity contribution >= 4 is 0 Å². The molecule has 0 bridgehead atoms. The molecule has 5 unspecified atom stereocenters. The Morgan fingerprint density at radius 3 is 1.42 bits per heavy atom. The van der Waals surface area contributed by atoms with E-state index >= 15 is 0 Å². The van der Waals surface area contributed by atoms with E-state index in [1.807, 2.05) is 0 Å². The van der Waals surface area contributed by atoms with Crippen LogP contribution < -0.4 is 0 Å². The third kappa shape index (κ3) is 4.77. The molecule has 0 nitrogen and oxygen atoms in total. The number of rotatable bonds is 3. The van der Waals surface area contributed by atoms with Crippen molar-refractivity contribution in [2.45, 2.75) is 135 Å². The highest BCUT2D eigenvalue weighted by molar-refractivity contribution is 5.04. The molecule has 0 amide bonds. The maximum absolute atomic E-state index is 2.54. The Bertz CT molecular complexity index is 616. The van der Waals surface area contributed by atoms with Crippen molar-refractivity contribution in [1.29, 1.82) is 0 Å². The van der Waals surface area contributed by atoms with Gasteiger partial charge in [-0.2, -0.15) is 0 Å². The summed E-state index contributed by atoms with van der Waals surface area (Å²) in [5, 5.41) is 0. The van der Waals surface area contributed by atoms with E-state index < -0.39 is 0 Å². The summed E-state index contributed by atoms with van der Waals surface area (Å²) in [6.45, 7) is 0. The minimum atomic E-state index is 1.03. The van der Waals surface area contributed by atoms with Gasteiger partial charge in [-0.25, -0.2) is 0 Å². The highest BCUT2D eigenvalue weighted by Gasteiger charge is 2.54. The summed E-state index contributed by atoms with van der Waals surface area (Å²) >= 11 is 0. The smallest absolute Gasteiger partial charge is 0.0319 e. The van der Waals surface area contributed by atoms with Gasteiger partial charge < -0.3 is 0 Å². The predicted molar refractivity (Wildman–Crippen MR) is 141 cm³/mol. The Morgan fingerprint density at radius 1 is 0.364 bits per heavy atom. The number of allylic oxidation sites excluding steroid dienone is 2. The van der Waals surface area contributed by atoms with E-state index in [0.29, 0.717) is 0 Å². The first-order chi connectivity index (χ1) is 16.4. The molecule has 5 fully saturated rings. The molecule has 33 heavy (non-hydrogen) atoms. The maximum atomic E-state index is 2.54. The summed E-state index contributed by atoms with van der Waals surface area (Å²) in [5.74, 6) is 11.1. The third-order valence-corrected chi connectivity index (χ3v) is 12.4. The normalized spacial score (nSPS) is 47.3. The highest BCUT2D eigenvalue weighted by Crippen LogP contribution is 2.62. The molecule has 6 rings (SSSR count). The molecule has 0 aromatic heterocycles. The Hall–Kier alpha value is -0.260. The van der Waals surface area contributed by atoms with Gasteiger partial charge in [0, 0.05) is 0 Å². The number of hydrogen-bond acceptors (Lipinski definition) is 0. The largest absolute Gasteiger partial charge is 0.0885 e. The third-order valence-electron chi connectivity index (χ3n) is 12.4. The zero-order valence-electron chi connectivity index (χ0n) is 21.8. The molecule has 0 spiro atoms. The molecular weight excluding hydrogens is 396 g/mol. The van der Waals surface area contributed by atoms with Gasteiger partial charge in [-0.05, 0) is 111 Å². The molecule has 6 aliphatic carbocycles. The minimum Gasteiger partial charge on any atom is -0.0885 e. The van der Waals surface area contributed by atoms with E-state index in [1.165, 1.54) is 25.7 Å². The lowest BCUT2D eigenvalue weighted by molar-refractivity contribution is -0.111. The fourth-order valence-electron chi connectivity index (χ4n) is 11.3. The van der Waals surface area contributed by atoms with Gasteiger partial charge >= 0.3 is 0 Å². The molecular formula is C33H54. The zero-order chi connectivity index (χ0) is 22.0. The lowest BCUT2D eigenvalue weighted by atomic mass is 9.45. The monoisotopic (exact) mass is 450 g/mol. The second-order valence-electron chi connectivity index (χ2n) is 13.9. The van der Waals surface area contributed by atoms with E-state index in [9.17, 15) is 0 Å². The average molecular weight is 451 g/mol. The van der Waals surface area contributed by atoms with Crippen molar-refractivity contribution in [2.24, 2.45) is 59.2 Å². The van der Waals surface area contributed by atoms with Crippen LogP contribution in [0.5, 0.6) is 0 Å². The van der Waals surface area contributed by atoms with E-state index in [4.69, 9.17) is 0 Å². The van der Waals surface area contributed by atoms with Crippen molar-refractivity contribution in [2.75, 3.05) is 0 Å². The lowest BCUT2D eigenvalue weighted by Crippen LogP contribution is -2.53. The van der Waals surface area contributed by atoms with E-state index in [2.05, 4.69) is 12.2 Å². The molecule has 0 aromatic rings. The van der Waals surface area contributed by atoms with Gasteiger partial charge in [-0.1, -0.05) is 95.6 Å². The lowest BCUT2D eigenvalue weighted by Gasteiger charge is -2.60. The van der Waals surface area contributed by atoms with E-state index in [1.54, 1.807) is 109 Å². The van der Waals surface area contributed by atoms with Crippen molar-refractivity contribution in [3.63, 3.8) is 0 Å². The number of hydrogen-bond donors (Lipinski definition) is 0. The Kier molecular flexibility index (Phi) is 7.57. The first kappa shape index (κ1) is 23.2. The second-order valence-corrected chi connectivity index (χ2v) is 13.9. The Balaban J connectivity index is 1.28. The van der Waals surface area contributed by atoms with E-state index in [-0.39, 0.29) is 0 Å². The van der Waals surface area contributed by atoms with Crippen LogP contribution in [0, 0.1) is 59.2 Å². The second kappa shape index (κ2) is 10.8. The molecule has 5 saturated carbocycles. The van der Waals surface area contributed by atoms with Gasteiger partial charge in [0.25, 0.3) is 0 Å². The van der Waals surface area contributed by atoms with Crippen molar-refractivity contribution in [3.8, 4) is 0 Å². The van der Waals surface area contributed by atoms with Crippen LogP contribution in [0.2, 0.25) is 0 Å². The molecule has 6 aliphatic rings. The first-order valence-corrected chi connectivity index (χ1v) is 16.0. The van der Waals surface area contributed by atoms with Gasteiger partial charge in [0.05, 0.1) is 0 Å². The minimum absolute atomic E-state index is 1.03. The fraction of sp³-hybridized carbons (Fsp3) is 0.939. The molecule has 0 N–H and O–H groups in total. The van der Waals surface area contributed by atoms with Gasteiger partial charge in [-0.15, -0.1) is 0 Å². The van der Waals surface area contributed by atoms with Crippen LogP contribution in [-0.4, -0.2) is 0 Å². The Morgan fingerprint density at radius 2 is 0.848 bits per heavy atom. The quantitative estimate of drug-likeness (QED) is 0.296. The maximum Gasteiger partial charge on any atom is -0.0319 e. The molecule has 7 atom stereocenters. The van der Waals surface area contributed by atoms with Crippen LogP contribution in [0.1, 0.15) is 135 Å². The molecule has 0 saturated heterocycles. The van der Waals surface area contributed by atoms with Crippen LogP contribution in [0.25, 0.3) is 0 Å². The van der Waals surface area contributed by atoms with E-state index in [0.717, 1.165) is 59.2 Å². The average Bonchev–Trinajstić information content (AvgIpc) is 3.14. The van der Waals surface area contributed by atoms with Crippen LogP contribution in [0.3, 0.4) is 0 Å². The predicted octanol–water partition coefficient (Wildman–Crippen LogP) is 9.98. The standard InChI is InChI=1S/C33H54/c1-3-13-24(14-4-1)26-17-7-8-18-27(23-26)33-30-21-11-9-19-28(30)32(25-15-5-2-6-16-25)29-20-10-12-22-31(29)33/h1,3,24-33H,2,4-23H2/t24-,26?,27+,28?,29?,30?,31?,32?,33?/m1/s1. The summed E-state index contributed by atoms with van der Waals surface area (Å²) in [6.07, 6.45) is 37.8. The fourth-order valence-corrected chi connectivity index (χ4v) is 11.3. The molecule has 0 heteroatoms. The number of fused-ring (bicyclic) bond motifs is 2. The summed E-state index contributed by atoms with van der Waals surface area (Å²) in [4.78, 5) is 0. The zero-order valence-corrected chi connectivity index (χ0v) is 21.8. The molecule has 0 heterocycles. The van der Waals surface area contributed by atoms with Crippen molar-refractivity contribution in [1.82, 2.24) is 0 Å². The first-order valence-electron chi connectivity index (χ1n) is 16.0. The van der Waals surface area contributed by atoms with Crippen LogP contribution in [0.4, 0.5) is 0 Å². The molecule has 186 valence electrons. The van der Waals surface area contributed by atoms with Crippen molar-refractivity contribution in [3.05, 3.63) is 12.2 Å². The summed E-state index contributed by atoms with van der Waals surface area (Å²) in [5.41, 5.74) is 0. The Labute approximate surface area is 206 Å². The van der Waals surface area contributed by atoms with Gasteiger partial charge in [0.1, 0.15) is 0 Å². The summed E-state index contributed by atoms with van der Waals surface area (Å²) in [7, 11) is 0. The summed E-state index contributed by atoms with van der Waals surface area (Å²) < 4.78 is 0. The van der Waals surface area contributed by atoms with Gasteiger partial charge in [0.15, 0.2) is 0 Å². The van der Waals surface area contributed by atoms with Crippen LogP contribution in [0.15, 0.2) is 12.2 Å². The SMILES string of the molecule is C1=CC[C@@H](C2CCCC[C@H](C3C4CCCCC4C(C4CCCCC4)C4CCCCC43)C2)CC1. The van der Waals surface area contributed by atoms with Crippen molar-refractivity contribution < 1.29 is 0 Å². The highest BCUT2D eigenvalue weighted by atomic mass is 14.6. The topological polar surface area (TPSA) is 0 Å². The molecule has 0 aromatic carbocycles. The van der Waals surface area contributed by atoms with Gasteiger partial charge in [0.2, 0.25) is 0 Å². The van der Waals surface area contributed by atoms with Gasteiger partial charge in [-0.3, -0.25) is 0 Å². The summed E-state index contributed by atoms with van der Waals surface area (Å²) in [6, 6.07) is 0. The van der Waals surface area contributed by atoms with Crippen LogP contribution >= 0.6 is 0 Å².